The van der Waals surface area contributed by atoms with Crippen LogP contribution in [0.2, 0.25) is 0 Å². The third kappa shape index (κ3) is 4.10. The molecule has 1 saturated carbocycles. The molecule has 1 amide bonds. The van der Waals surface area contributed by atoms with Crippen LogP contribution in [0.4, 0.5) is 24.5 Å². The number of carbonyl (C=O) groups is 2. The van der Waals surface area contributed by atoms with E-state index in [1.807, 2.05) is 0 Å². The molecule has 33 heavy (non-hydrogen) atoms. The van der Waals surface area contributed by atoms with Gasteiger partial charge in [-0.1, -0.05) is 0 Å². The minimum atomic E-state index is -4.63. The van der Waals surface area contributed by atoms with Crippen molar-refractivity contribution < 1.29 is 36.7 Å². The highest BCUT2D eigenvalue weighted by Crippen LogP contribution is 2.40. The number of rotatable bonds is 6. The molecule has 2 N–H and O–H groups in total. The van der Waals surface area contributed by atoms with Gasteiger partial charge in [0.25, 0.3) is 5.91 Å². The first-order valence-electron chi connectivity index (χ1n) is 10.1. The molecule has 1 fully saturated rings. The first-order chi connectivity index (χ1) is 15.5. The number of hydrogen-bond acceptors (Lipinski definition) is 6. The van der Waals surface area contributed by atoms with Crippen molar-refractivity contribution in [3.05, 3.63) is 41.3 Å². The molecule has 1 aliphatic carbocycles. The molecule has 0 atom stereocenters. The van der Waals surface area contributed by atoms with Crippen LogP contribution in [0.25, 0.3) is 11.1 Å². The summed E-state index contributed by atoms with van der Waals surface area (Å²) in [6, 6.07) is 5.01. The number of nitrogen functional groups attached to an aromatic ring is 1. The quantitative estimate of drug-likeness (QED) is 0.430. The summed E-state index contributed by atoms with van der Waals surface area (Å²) in [5.41, 5.74) is 6.72. The van der Waals surface area contributed by atoms with Crippen LogP contribution in [0.1, 0.15) is 39.4 Å². The van der Waals surface area contributed by atoms with E-state index in [4.69, 9.17) is 19.6 Å². The lowest BCUT2D eigenvalue weighted by atomic mass is 10.1. The molecule has 0 radical (unpaired) electrons. The Morgan fingerprint density at radius 2 is 1.91 bits per heavy atom. The van der Waals surface area contributed by atoms with Gasteiger partial charge in [0.1, 0.15) is 17.1 Å². The number of alkyl halides is 3. The predicted octanol–water partition coefficient (Wildman–Crippen LogP) is 4.32. The van der Waals surface area contributed by atoms with Gasteiger partial charge in [0.15, 0.2) is 0 Å². The largest absolute Gasteiger partial charge is 0.494 e. The zero-order chi connectivity index (χ0) is 24.1. The smallest absolute Gasteiger partial charge is 0.449 e. The van der Waals surface area contributed by atoms with Gasteiger partial charge in [-0.05, 0) is 43.0 Å². The predicted molar refractivity (Wildman–Crippen MR) is 113 cm³/mol. The summed E-state index contributed by atoms with van der Waals surface area (Å²) >= 11 is 0. The number of carbonyl (C=O) groups excluding carboxylic acids is 2. The molecule has 2 aromatic heterocycles. The van der Waals surface area contributed by atoms with Gasteiger partial charge in [0, 0.05) is 19.0 Å². The van der Waals surface area contributed by atoms with E-state index in [2.05, 4.69) is 0 Å². The molecule has 4 rings (SSSR count). The van der Waals surface area contributed by atoms with Gasteiger partial charge in [-0.2, -0.15) is 13.2 Å². The van der Waals surface area contributed by atoms with Crippen molar-refractivity contribution in [1.29, 1.82) is 0 Å². The number of amides is 1. The Labute approximate surface area is 186 Å². The average molecular weight is 465 g/mol. The molecule has 176 valence electrons. The maximum Gasteiger partial charge on any atom is 0.449 e. The molecular formula is C22H22F3N3O5. The monoisotopic (exact) mass is 465 g/mol. The lowest BCUT2D eigenvalue weighted by Gasteiger charge is -2.23. The number of hydrogen-bond donors (Lipinski definition) is 1. The van der Waals surface area contributed by atoms with E-state index in [1.54, 1.807) is 0 Å². The van der Waals surface area contributed by atoms with Gasteiger partial charge in [-0.25, -0.2) is 4.79 Å². The molecule has 0 unspecified atom stereocenters. The number of benzene rings is 1. The van der Waals surface area contributed by atoms with Crippen LogP contribution >= 0.6 is 0 Å². The minimum Gasteiger partial charge on any atom is -0.494 e. The van der Waals surface area contributed by atoms with Crippen LogP contribution in [0, 0.1) is 5.92 Å². The Bertz CT molecular complexity index is 1240. The lowest BCUT2D eigenvalue weighted by molar-refractivity contribution is -0.152. The van der Waals surface area contributed by atoms with Crippen molar-refractivity contribution in [3.8, 4) is 5.75 Å². The van der Waals surface area contributed by atoms with E-state index in [0.29, 0.717) is 6.54 Å². The summed E-state index contributed by atoms with van der Waals surface area (Å²) in [6.45, 7) is 0.358. The van der Waals surface area contributed by atoms with E-state index in [1.165, 1.54) is 48.9 Å². The third-order valence-corrected chi connectivity index (χ3v) is 5.59. The second-order valence-corrected chi connectivity index (χ2v) is 7.92. The van der Waals surface area contributed by atoms with E-state index in [9.17, 15) is 22.8 Å². The number of anilines is 2. The highest BCUT2D eigenvalue weighted by molar-refractivity contribution is 6.10. The fraction of sp³-hybridized carbons (Fsp3) is 0.364. The number of aromatic nitrogens is 1. The van der Waals surface area contributed by atoms with Crippen molar-refractivity contribution in [2.24, 2.45) is 5.92 Å². The first-order valence-corrected chi connectivity index (χ1v) is 10.1. The van der Waals surface area contributed by atoms with Gasteiger partial charge in [0.2, 0.25) is 11.5 Å². The number of nitrogens with two attached hydrogens (primary N) is 1. The fourth-order valence-electron chi connectivity index (χ4n) is 3.75. The van der Waals surface area contributed by atoms with E-state index >= 15 is 0 Å². The van der Waals surface area contributed by atoms with Crippen LogP contribution < -0.4 is 15.4 Å². The molecule has 11 heteroatoms. The number of esters is 1. The second kappa shape index (κ2) is 8.05. The topological polar surface area (TPSA) is 99.9 Å². The molecule has 0 bridgehead atoms. The summed E-state index contributed by atoms with van der Waals surface area (Å²) in [5.74, 6) is -1.84. The number of fused-ring (bicyclic) bond motifs is 1. The van der Waals surface area contributed by atoms with E-state index in [0.717, 1.165) is 18.9 Å². The van der Waals surface area contributed by atoms with Crippen LogP contribution in [0.3, 0.4) is 0 Å². The Morgan fingerprint density at radius 3 is 2.48 bits per heavy atom. The van der Waals surface area contributed by atoms with Gasteiger partial charge in [-0.3, -0.25) is 4.79 Å². The zero-order valence-electron chi connectivity index (χ0n) is 18.2. The molecule has 2 heterocycles. The summed E-state index contributed by atoms with van der Waals surface area (Å²) in [6.07, 6.45) is -2.79. The molecule has 8 nitrogen and oxygen atoms in total. The van der Waals surface area contributed by atoms with Crippen LogP contribution in [0.15, 0.2) is 28.7 Å². The van der Waals surface area contributed by atoms with Crippen LogP contribution in [0.5, 0.6) is 5.75 Å². The summed E-state index contributed by atoms with van der Waals surface area (Å²) in [5, 5.41) is 0.181. The Kier molecular flexibility index (Phi) is 5.51. The number of nitrogens with zero attached hydrogens (tertiary/aromatic N) is 2. The highest BCUT2D eigenvalue weighted by Gasteiger charge is 2.37. The number of ether oxygens (including phenoxy) is 2. The van der Waals surface area contributed by atoms with Crippen molar-refractivity contribution in [1.82, 2.24) is 4.57 Å². The Morgan fingerprint density at radius 1 is 1.21 bits per heavy atom. The standard InChI is InChI=1S/C22H22F3N3O5/c1-27(18-14(26)6-13(21(30)32-3)8-16(18)31-2)19(29)15-7-12-9-17(22(23,24)25)33-20(12)28(15)10-11-4-5-11/h6-9,11H,4-5,10,26H2,1-3H3. The molecule has 3 aromatic rings. The van der Waals surface area contributed by atoms with Gasteiger partial charge in [0.05, 0.1) is 25.5 Å². The summed E-state index contributed by atoms with van der Waals surface area (Å²) in [7, 11) is 4.05. The normalized spacial score (nSPS) is 13.9. The van der Waals surface area contributed by atoms with E-state index < -0.39 is 23.8 Å². The Balaban J connectivity index is 1.76. The maximum absolute atomic E-state index is 13.5. The van der Waals surface area contributed by atoms with Crippen molar-refractivity contribution >= 4 is 34.4 Å². The number of furan rings is 1. The first kappa shape index (κ1) is 22.6. The second-order valence-electron chi connectivity index (χ2n) is 7.92. The molecule has 1 aliphatic rings. The number of methoxy groups -OCH3 is 2. The Hall–Kier alpha value is -3.63. The maximum atomic E-state index is 13.5. The van der Waals surface area contributed by atoms with Crippen molar-refractivity contribution in [2.45, 2.75) is 25.6 Å². The van der Waals surface area contributed by atoms with Gasteiger partial charge in [-0.15, -0.1) is 0 Å². The third-order valence-electron chi connectivity index (χ3n) is 5.59. The lowest BCUT2D eigenvalue weighted by Crippen LogP contribution is -2.30. The van der Waals surface area contributed by atoms with Crippen LogP contribution in [-0.4, -0.2) is 37.7 Å². The average Bonchev–Trinajstić information content (AvgIpc) is 3.38. The highest BCUT2D eigenvalue weighted by atomic mass is 19.4. The molecule has 1 aromatic carbocycles. The number of halogens is 3. The SMILES string of the molecule is COC(=O)c1cc(N)c(N(C)C(=O)c2cc3cc(C(F)(F)F)oc3n2CC2CC2)c(OC)c1. The molecule has 0 saturated heterocycles. The van der Waals surface area contributed by atoms with E-state index in [-0.39, 0.29) is 45.4 Å². The summed E-state index contributed by atoms with van der Waals surface area (Å²) in [4.78, 5) is 26.6. The van der Waals surface area contributed by atoms with Gasteiger partial charge < -0.3 is 29.1 Å². The summed E-state index contributed by atoms with van der Waals surface area (Å²) < 4.78 is 56.0. The molecule has 0 spiro atoms. The van der Waals surface area contributed by atoms with Gasteiger partial charge >= 0.3 is 12.1 Å². The molecule has 0 aliphatic heterocycles. The minimum absolute atomic E-state index is 0.00745. The van der Waals surface area contributed by atoms with Crippen molar-refractivity contribution in [2.75, 3.05) is 31.9 Å². The molecular weight excluding hydrogens is 443 g/mol. The zero-order valence-corrected chi connectivity index (χ0v) is 18.2. The fourth-order valence-corrected chi connectivity index (χ4v) is 3.75. The van der Waals surface area contributed by atoms with Crippen molar-refractivity contribution in [3.63, 3.8) is 0 Å². The van der Waals surface area contributed by atoms with Crippen LogP contribution in [-0.2, 0) is 17.5 Å².